The number of nitrogens with zero attached hydrogens (tertiary/aromatic N) is 1. The highest BCUT2D eigenvalue weighted by Gasteiger charge is 2.19. The minimum atomic E-state index is -0.0892. The number of amides is 1. The Bertz CT molecular complexity index is 358. The summed E-state index contributed by atoms with van der Waals surface area (Å²) in [7, 11) is 0. The summed E-state index contributed by atoms with van der Waals surface area (Å²) in [4.78, 5) is 15.2. The standard InChI is InChI=1S/C9H8N2O/c1-2-7-4-3-6-5-10-9(12)8(6)11-7/h2-4H,1,5H2,(H,10,12). The van der Waals surface area contributed by atoms with Gasteiger partial charge in [-0.15, -0.1) is 0 Å². The third kappa shape index (κ3) is 0.906. The molecule has 0 saturated heterocycles. The summed E-state index contributed by atoms with van der Waals surface area (Å²) in [5.41, 5.74) is 2.24. The van der Waals surface area contributed by atoms with Crippen LogP contribution in [0.1, 0.15) is 21.7 Å². The van der Waals surface area contributed by atoms with Crippen molar-refractivity contribution in [2.24, 2.45) is 0 Å². The lowest BCUT2D eigenvalue weighted by Gasteiger charge is -1.95. The largest absolute Gasteiger partial charge is 0.347 e. The van der Waals surface area contributed by atoms with Gasteiger partial charge in [0.05, 0.1) is 5.69 Å². The molecule has 0 aromatic carbocycles. The molecule has 2 heterocycles. The molecule has 0 aliphatic carbocycles. The van der Waals surface area contributed by atoms with E-state index in [2.05, 4.69) is 16.9 Å². The van der Waals surface area contributed by atoms with Crippen molar-refractivity contribution >= 4 is 12.0 Å². The highest BCUT2D eigenvalue weighted by Crippen LogP contribution is 2.13. The number of aromatic nitrogens is 1. The number of pyridine rings is 1. The Hall–Kier alpha value is -1.64. The Labute approximate surface area is 70.1 Å². The van der Waals surface area contributed by atoms with Crippen molar-refractivity contribution in [1.82, 2.24) is 10.3 Å². The summed E-state index contributed by atoms with van der Waals surface area (Å²) < 4.78 is 0. The van der Waals surface area contributed by atoms with Gasteiger partial charge in [-0.3, -0.25) is 4.79 Å². The molecule has 0 spiro atoms. The maximum atomic E-state index is 11.1. The van der Waals surface area contributed by atoms with Crippen LogP contribution in [-0.4, -0.2) is 10.9 Å². The van der Waals surface area contributed by atoms with Gasteiger partial charge in [-0.25, -0.2) is 4.98 Å². The van der Waals surface area contributed by atoms with Crippen molar-refractivity contribution < 1.29 is 4.79 Å². The lowest BCUT2D eigenvalue weighted by molar-refractivity contribution is 0.0961. The summed E-state index contributed by atoms with van der Waals surface area (Å²) in [6.07, 6.45) is 1.63. The molecule has 1 N–H and O–H groups in total. The van der Waals surface area contributed by atoms with Gasteiger partial charge in [0.25, 0.3) is 5.91 Å². The van der Waals surface area contributed by atoms with E-state index in [1.165, 1.54) is 0 Å². The van der Waals surface area contributed by atoms with Crippen molar-refractivity contribution in [3.8, 4) is 0 Å². The monoisotopic (exact) mass is 160 g/mol. The fourth-order valence-corrected chi connectivity index (χ4v) is 1.22. The molecule has 0 fully saturated rings. The molecule has 0 saturated carbocycles. The van der Waals surface area contributed by atoms with Gasteiger partial charge in [0.2, 0.25) is 0 Å². The molecule has 0 unspecified atom stereocenters. The zero-order chi connectivity index (χ0) is 8.55. The first-order valence-electron chi connectivity index (χ1n) is 3.72. The average molecular weight is 160 g/mol. The fourth-order valence-electron chi connectivity index (χ4n) is 1.22. The SMILES string of the molecule is C=Cc1ccc2c(n1)C(=O)NC2. The lowest BCUT2D eigenvalue weighted by Crippen LogP contribution is -2.13. The number of carbonyl (C=O) groups excluding carboxylic acids is 1. The summed E-state index contributed by atoms with van der Waals surface area (Å²) in [6.45, 7) is 4.18. The van der Waals surface area contributed by atoms with Crippen LogP contribution in [-0.2, 0) is 6.54 Å². The molecule has 0 radical (unpaired) electrons. The Balaban J connectivity index is 2.57. The molecule has 0 atom stereocenters. The molecular weight excluding hydrogens is 152 g/mol. The zero-order valence-corrected chi connectivity index (χ0v) is 6.50. The fraction of sp³-hybridized carbons (Fsp3) is 0.111. The number of hydrogen-bond donors (Lipinski definition) is 1. The van der Waals surface area contributed by atoms with E-state index >= 15 is 0 Å². The van der Waals surface area contributed by atoms with Crippen molar-refractivity contribution in [2.75, 3.05) is 0 Å². The van der Waals surface area contributed by atoms with E-state index in [0.717, 1.165) is 11.3 Å². The second kappa shape index (κ2) is 2.44. The molecule has 3 heteroatoms. The summed E-state index contributed by atoms with van der Waals surface area (Å²) in [6, 6.07) is 3.75. The molecule has 1 aromatic rings. The van der Waals surface area contributed by atoms with Crippen LogP contribution in [0.5, 0.6) is 0 Å². The van der Waals surface area contributed by atoms with E-state index < -0.39 is 0 Å². The lowest BCUT2D eigenvalue weighted by atomic mass is 10.2. The second-order valence-electron chi connectivity index (χ2n) is 2.63. The van der Waals surface area contributed by atoms with Gasteiger partial charge in [-0.1, -0.05) is 12.6 Å². The molecule has 0 bridgehead atoms. The van der Waals surface area contributed by atoms with Crippen LogP contribution in [0.2, 0.25) is 0 Å². The second-order valence-corrected chi connectivity index (χ2v) is 2.63. The Morgan fingerprint density at radius 1 is 1.58 bits per heavy atom. The molecule has 1 aliphatic rings. The minimum Gasteiger partial charge on any atom is -0.347 e. The number of fused-ring (bicyclic) bond motifs is 1. The molecule has 3 nitrogen and oxygen atoms in total. The van der Waals surface area contributed by atoms with Crippen molar-refractivity contribution in [1.29, 1.82) is 0 Å². The molecule has 60 valence electrons. The highest BCUT2D eigenvalue weighted by molar-refractivity contribution is 5.96. The van der Waals surface area contributed by atoms with Crippen LogP contribution in [0.15, 0.2) is 18.7 Å². The summed E-state index contributed by atoms with van der Waals surface area (Å²) in [5, 5.41) is 2.70. The number of carbonyl (C=O) groups is 1. The first kappa shape index (κ1) is 7.03. The van der Waals surface area contributed by atoms with Gasteiger partial charge in [0.1, 0.15) is 5.69 Å². The normalized spacial score (nSPS) is 13.8. The van der Waals surface area contributed by atoms with E-state index in [1.807, 2.05) is 12.1 Å². The van der Waals surface area contributed by atoms with Gasteiger partial charge in [-0.05, 0) is 12.1 Å². The van der Waals surface area contributed by atoms with Gasteiger partial charge in [-0.2, -0.15) is 0 Å². The maximum Gasteiger partial charge on any atom is 0.270 e. The molecule has 1 amide bonds. The Morgan fingerprint density at radius 2 is 2.42 bits per heavy atom. The van der Waals surface area contributed by atoms with Crippen molar-refractivity contribution in [3.05, 3.63) is 35.7 Å². The topological polar surface area (TPSA) is 42.0 Å². The van der Waals surface area contributed by atoms with Gasteiger partial charge >= 0.3 is 0 Å². The smallest absolute Gasteiger partial charge is 0.270 e. The zero-order valence-electron chi connectivity index (χ0n) is 6.50. The van der Waals surface area contributed by atoms with E-state index in [-0.39, 0.29) is 5.91 Å². The predicted octanol–water partition coefficient (Wildman–Crippen LogP) is 0.968. The molecule has 12 heavy (non-hydrogen) atoms. The minimum absolute atomic E-state index is 0.0892. The van der Waals surface area contributed by atoms with Crippen LogP contribution in [0.25, 0.3) is 6.08 Å². The van der Waals surface area contributed by atoms with Crippen LogP contribution in [0.3, 0.4) is 0 Å². The summed E-state index contributed by atoms with van der Waals surface area (Å²) in [5.74, 6) is -0.0892. The third-order valence-corrected chi connectivity index (χ3v) is 1.86. The quantitative estimate of drug-likeness (QED) is 0.665. The molecule has 2 rings (SSSR count). The maximum absolute atomic E-state index is 11.1. The van der Waals surface area contributed by atoms with Crippen LogP contribution >= 0.6 is 0 Å². The van der Waals surface area contributed by atoms with Crippen molar-refractivity contribution in [2.45, 2.75) is 6.54 Å². The Kier molecular flexibility index (Phi) is 1.43. The first-order valence-corrected chi connectivity index (χ1v) is 3.72. The first-order chi connectivity index (χ1) is 5.81. The van der Waals surface area contributed by atoms with E-state index in [1.54, 1.807) is 6.08 Å². The number of nitrogens with one attached hydrogen (secondary N) is 1. The highest BCUT2D eigenvalue weighted by atomic mass is 16.2. The van der Waals surface area contributed by atoms with Crippen molar-refractivity contribution in [3.63, 3.8) is 0 Å². The van der Waals surface area contributed by atoms with E-state index in [4.69, 9.17) is 0 Å². The predicted molar refractivity (Wildman–Crippen MR) is 45.5 cm³/mol. The van der Waals surface area contributed by atoms with Crippen LogP contribution < -0.4 is 5.32 Å². The van der Waals surface area contributed by atoms with Gasteiger partial charge in [0, 0.05) is 12.1 Å². The third-order valence-electron chi connectivity index (χ3n) is 1.86. The number of hydrogen-bond acceptors (Lipinski definition) is 2. The molecule has 1 aromatic heterocycles. The van der Waals surface area contributed by atoms with Gasteiger partial charge in [0.15, 0.2) is 0 Å². The van der Waals surface area contributed by atoms with Crippen LogP contribution in [0, 0.1) is 0 Å². The Morgan fingerprint density at radius 3 is 3.17 bits per heavy atom. The average Bonchev–Trinajstić information content (AvgIpc) is 2.47. The van der Waals surface area contributed by atoms with E-state index in [0.29, 0.717) is 12.2 Å². The molecule has 1 aliphatic heterocycles. The number of rotatable bonds is 1. The van der Waals surface area contributed by atoms with E-state index in [9.17, 15) is 4.79 Å². The summed E-state index contributed by atoms with van der Waals surface area (Å²) >= 11 is 0. The van der Waals surface area contributed by atoms with Crippen LogP contribution in [0.4, 0.5) is 0 Å². The molecular formula is C9H8N2O. The van der Waals surface area contributed by atoms with Gasteiger partial charge < -0.3 is 5.32 Å².